The maximum Gasteiger partial charge on any atom is 0.0807 e. The number of aromatic nitrogens is 2. The second-order valence-electron chi connectivity index (χ2n) is 4.38. The molecule has 1 unspecified atom stereocenters. The van der Waals surface area contributed by atoms with Gasteiger partial charge < -0.3 is 5.32 Å². The van der Waals surface area contributed by atoms with Crippen molar-refractivity contribution in [2.24, 2.45) is 0 Å². The minimum Gasteiger partial charge on any atom is -0.306 e. The molecule has 0 spiro atoms. The van der Waals surface area contributed by atoms with Crippen molar-refractivity contribution in [3.8, 4) is 0 Å². The molecular formula is C14H18ClN3S. The van der Waals surface area contributed by atoms with Gasteiger partial charge in [0.25, 0.3) is 0 Å². The Bertz CT molecular complexity index is 527. The Kier molecular flexibility index (Phi) is 5.31. The van der Waals surface area contributed by atoms with E-state index in [-0.39, 0.29) is 6.04 Å². The van der Waals surface area contributed by atoms with E-state index in [2.05, 4.69) is 34.8 Å². The lowest BCUT2D eigenvalue weighted by atomic mass is 10.0. The first kappa shape index (κ1) is 14.4. The molecule has 0 saturated carbocycles. The van der Waals surface area contributed by atoms with Gasteiger partial charge in [0, 0.05) is 5.02 Å². The van der Waals surface area contributed by atoms with Gasteiger partial charge in [0.1, 0.15) is 0 Å². The average Bonchev–Trinajstić information content (AvgIpc) is 2.84. The molecular weight excluding hydrogens is 278 g/mol. The second-order valence-corrected chi connectivity index (χ2v) is 5.60. The molecule has 0 aliphatic carbocycles. The van der Waals surface area contributed by atoms with E-state index >= 15 is 0 Å². The van der Waals surface area contributed by atoms with Crippen molar-refractivity contribution in [3.05, 3.63) is 45.4 Å². The number of halogens is 1. The van der Waals surface area contributed by atoms with E-state index in [1.807, 2.05) is 18.2 Å². The van der Waals surface area contributed by atoms with Crippen LogP contribution in [0.4, 0.5) is 0 Å². The highest BCUT2D eigenvalue weighted by molar-refractivity contribution is 7.05. The Labute approximate surface area is 123 Å². The first-order valence-corrected chi connectivity index (χ1v) is 7.71. The number of nitrogens with zero attached hydrogens (tertiary/aromatic N) is 2. The van der Waals surface area contributed by atoms with Gasteiger partial charge >= 0.3 is 0 Å². The zero-order chi connectivity index (χ0) is 13.7. The summed E-state index contributed by atoms with van der Waals surface area (Å²) in [5.41, 5.74) is 2.26. The quantitative estimate of drug-likeness (QED) is 0.880. The molecule has 3 nitrogen and oxygen atoms in total. The summed E-state index contributed by atoms with van der Waals surface area (Å²) in [4.78, 5) is 1.20. The average molecular weight is 296 g/mol. The van der Waals surface area contributed by atoms with Crippen molar-refractivity contribution in [1.82, 2.24) is 14.9 Å². The smallest absolute Gasteiger partial charge is 0.0807 e. The van der Waals surface area contributed by atoms with Gasteiger partial charge in [-0.2, -0.15) is 0 Å². The normalized spacial score (nSPS) is 12.6. The summed E-state index contributed by atoms with van der Waals surface area (Å²) in [5, 5.41) is 8.51. The molecule has 0 amide bonds. The third-order valence-electron chi connectivity index (χ3n) is 2.92. The molecule has 2 rings (SSSR count). The van der Waals surface area contributed by atoms with Crippen LogP contribution in [0.3, 0.4) is 0 Å². The number of rotatable bonds is 6. The van der Waals surface area contributed by atoms with Crippen LogP contribution in [-0.4, -0.2) is 16.1 Å². The van der Waals surface area contributed by atoms with E-state index in [1.165, 1.54) is 16.4 Å². The van der Waals surface area contributed by atoms with Crippen LogP contribution in [0.1, 0.15) is 42.4 Å². The van der Waals surface area contributed by atoms with Gasteiger partial charge in [-0.05, 0) is 42.2 Å². The molecule has 0 aliphatic heterocycles. The van der Waals surface area contributed by atoms with E-state index in [1.54, 1.807) is 0 Å². The summed E-state index contributed by atoms with van der Waals surface area (Å²) in [7, 11) is 0. The van der Waals surface area contributed by atoms with Gasteiger partial charge in [0.15, 0.2) is 0 Å². The van der Waals surface area contributed by atoms with Crippen molar-refractivity contribution in [2.75, 3.05) is 6.54 Å². The Morgan fingerprint density at radius 3 is 2.89 bits per heavy atom. The van der Waals surface area contributed by atoms with E-state index in [0.717, 1.165) is 35.7 Å². The predicted octanol–water partition coefficient (Wildman–Crippen LogP) is 3.84. The zero-order valence-electron chi connectivity index (χ0n) is 11.2. The Morgan fingerprint density at radius 1 is 1.37 bits per heavy atom. The van der Waals surface area contributed by atoms with E-state index in [4.69, 9.17) is 11.6 Å². The summed E-state index contributed by atoms with van der Waals surface area (Å²) in [6, 6.07) is 8.10. The van der Waals surface area contributed by atoms with Crippen molar-refractivity contribution < 1.29 is 0 Å². The molecule has 1 aromatic carbocycles. The van der Waals surface area contributed by atoms with Crippen LogP contribution in [0.2, 0.25) is 5.02 Å². The molecule has 1 N–H and O–H groups in total. The van der Waals surface area contributed by atoms with Crippen LogP contribution >= 0.6 is 23.1 Å². The highest BCUT2D eigenvalue weighted by Crippen LogP contribution is 2.29. The van der Waals surface area contributed by atoms with Crippen LogP contribution in [0.25, 0.3) is 0 Å². The van der Waals surface area contributed by atoms with Gasteiger partial charge in [-0.15, -0.1) is 5.10 Å². The van der Waals surface area contributed by atoms with Crippen LogP contribution in [0, 0.1) is 0 Å². The summed E-state index contributed by atoms with van der Waals surface area (Å²) >= 11 is 7.57. The second kappa shape index (κ2) is 6.98. The van der Waals surface area contributed by atoms with Crippen LogP contribution < -0.4 is 5.32 Å². The maximum atomic E-state index is 6.10. The summed E-state index contributed by atoms with van der Waals surface area (Å²) in [5.74, 6) is 0. The van der Waals surface area contributed by atoms with Crippen molar-refractivity contribution >= 4 is 23.1 Å². The Morgan fingerprint density at radius 2 is 2.21 bits per heavy atom. The highest BCUT2D eigenvalue weighted by Gasteiger charge is 2.20. The molecule has 5 heteroatoms. The monoisotopic (exact) mass is 295 g/mol. The van der Waals surface area contributed by atoms with Gasteiger partial charge in [-0.3, -0.25) is 0 Å². The van der Waals surface area contributed by atoms with Crippen molar-refractivity contribution in [3.63, 3.8) is 0 Å². The van der Waals surface area contributed by atoms with Crippen LogP contribution in [0.5, 0.6) is 0 Å². The number of nitrogens with one attached hydrogen (secondary N) is 1. The third-order valence-corrected chi connectivity index (χ3v) is 3.99. The zero-order valence-corrected chi connectivity index (χ0v) is 12.8. The molecule has 102 valence electrons. The van der Waals surface area contributed by atoms with Crippen LogP contribution in [-0.2, 0) is 6.42 Å². The number of aryl methyl sites for hydroxylation is 1. The Balaban J connectivity index is 2.36. The van der Waals surface area contributed by atoms with E-state index in [9.17, 15) is 0 Å². The topological polar surface area (TPSA) is 37.8 Å². The number of benzene rings is 1. The van der Waals surface area contributed by atoms with E-state index in [0.29, 0.717) is 0 Å². The summed E-state index contributed by atoms with van der Waals surface area (Å²) in [6.45, 7) is 5.15. The van der Waals surface area contributed by atoms with Gasteiger partial charge in [0.05, 0.1) is 16.6 Å². The molecule has 0 bridgehead atoms. The minimum atomic E-state index is 0.130. The lowest BCUT2D eigenvalue weighted by molar-refractivity contribution is 0.631. The fourth-order valence-electron chi connectivity index (χ4n) is 2.10. The predicted molar refractivity (Wildman–Crippen MR) is 80.9 cm³/mol. The lowest BCUT2D eigenvalue weighted by Crippen LogP contribution is -2.22. The molecule has 1 atom stereocenters. The first-order valence-electron chi connectivity index (χ1n) is 6.56. The van der Waals surface area contributed by atoms with Crippen molar-refractivity contribution in [2.45, 2.75) is 32.7 Å². The van der Waals surface area contributed by atoms with Gasteiger partial charge in [-0.25, -0.2) is 0 Å². The summed E-state index contributed by atoms with van der Waals surface area (Å²) in [6.07, 6.45) is 2.04. The van der Waals surface area contributed by atoms with E-state index < -0.39 is 0 Å². The maximum absolute atomic E-state index is 6.10. The molecule has 0 saturated heterocycles. The molecule has 0 fully saturated rings. The minimum absolute atomic E-state index is 0.130. The molecule has 2 aromatic rings. The summed E-state index contributed by atoms with van der Waals surface area (Å²) < 4.78 is 4.11. The molecule has 1 heterocycles. The fourth-order valence-corrected chi connectivity index (χ4v) is 3.10. The fraction of sp³-hybridized carbons (Fsp3) is 0.429. The van der Waals surface area contributed by atoms with Crippen LogP contribution in [0.15, 0.2) is 24.3 Å². The number of hydrogen-bond donors (Lipinski definition) is 1. The molecule has 19 heavy (non-hydrogen) atoms. The first-order chi connectivity index (χ1) is 9.26. The lowest BCUT2D eigenvalue weighted by Gasteiger charge is -2.17. The van der Waals surface area contributed by atoms with Gasteiger partial charge in [0.2, 0.25) is 0 Å². The molecule has 1 aromatic heterocycles. The third kappa shape index (κ3) is 3.53. The number of hydrogen-bond acceptors (Lipinski definition) is 4. The standard InChI is InChI=1S/C14H18ClN3S/c1-3-6-12-14(19-18-17-12)13(16-4-2)10-7-5-8-11(15)9-10/h5,7-9,13,16H,3-4,6H2,1-2H3. The highest BCUT2D eigenvalue weighted by atomic mass is 35.5. The molecule has 0 aliphatic rings. The largest absolute Gasteiger partial charge is 0.306 e. The van der Waals surface area contributed by atoms with Gasteiger partial charge in [-0.1, -0.05) is 48.5 Å². The molecule has 0 radical (unpaired) electrons. The Hall–Kier alpha value is -0.970. The SMILES string of the molecule is CCCc1nnsc1C(NCC)c1cccc(Cl)c1. The van der Waals surface area contributed by atoms with Crippen molar-refractivity contribution in [1.29, 1.82) is 0 Å².